The van der Waals surface area contributed by atoms with Crippen molar-refractivity contribution in [1.82, 2.24) is 5.32 Å². The summed E-state index contributed by atoms with van der Waals surface area (Å²) < 4.78 is 66.1. The molecule has 1 N–H and O–H groups in total. The lowest BCUT2D eigenvalue weighted by atomic mass is 10.1. The highest BCUT2D eigenvalue weighted by Gasteiger charge is 2.27. The zero-order valence-electron chi connectivity index (χ0n) is 10.2. The molecule has 0 aromatic heterocycles. The molecule has 108 valence electrons. The summed E-state index contributed by atoms with van der Waals surface area (Å²) in [4.78, 5) is 0. The van der Waals surface area contributed by atoms with Gasteiger partial charge >= 0.3 is 6.18 Å². The van der Waals surface area contributed by atoms with Crippen molar-refractivity contribution in [2.24, 2.45) is 0 Å². The van der Waals surface area contributed by atoms with Crippen LogP contribution in [0.2, 0.25) is 0 Å². The van der Waals surface area contributed by atoms with E-state index in [0.29, 0.717) is 5.56 Å². The SMILES string of the molecule is CNC(COCC(F)(F)F)Cc1cc(F)cc(F)c1. The van der Waals surface area contributed by atoms with Crippen LogP contribution in [0.5, 0.6) is 0 Å². The molecule has 1 rings (SSSR count). The lowest BCUT2D eigenvalue weighted by Crippen LogP contribution is -2.34. The van der Waals surface area contributed by atoms with Crippen molar-refractivity contribution in [3.8, 4) is 0 Å². The monoisotopic (exact) mass is 283 g/mol. The second kappa shape index (κ2) is 6.81. The van der Waals surface area contributed by atoms with E-state index < -0.39 is 30.5 Å². The Hall–Kier alpha value is -1.21. The van der Waals surface area contributed by atoms with Crippen LogP contribution in [-0.4, -0.2) is 32.5 Å². The molecule has 1 aromatic carbocycles. The van der Waals surface area contributed by atoms with Gasteiger partial charge in [-0.2, -0.15) is 13.2 Å². The fraction of sp³-hybridized carbons (Fsp3) is 0.500. The average Bonchev–Trinajstić information content (AvgIpc) is 2.24. The molecule has 0 amide bonds. The quantitative estimate of drug-likeness (QED) is 0.810. The predicted molar refractivity (Wildman–Crippen MR) is 59.8 cm³/mol. The van der Waals surface area contributed by atoms with Gasteiger partial charge in [0.2, 0.25) is 0 Å². The van der Waals surface area contributed by atoms with Gasteiger partial charge in [-0.15, -0.1) is 0 Å². The summed E-state index contributed by atoms with van der Waals surface area (Å²) in [5.41, 5.74) is 0.354. The lowest BCUT2D eigenvalue weighted by Gasteiger charge is -2.17. The zero-order valence-corrected chi connectivity index (χ0v) is 10.2. The van der Waals surface area contributed by atoms with Crippen LogP contribution in [0.1, 0.15) is 5.56 Å². The third-order valence-corrected chi connectivity index (χ3v) is 2.40. The second-order valence-electron chi connectivity index (χ2n) is 4.10. The highest BCUT2D eigenvalue weighted by atomic mass is 19.4. The van der Waals surface area contributed by atoms with Crippen molar-refractivity contribution in [3.63, 3.8) is 0 Å². The minimum Gasteiger partial charge on any atom is -0.370 e. The number of rotatable bonds is 6. The summed E-state index contributed by atoms with van der Waals surface area (Å²) >= 11 is 0. The van der Waals surface area contributed by atoms with Crippen LogP contribution in [0, 0.1) is 11.6 Å². The number of likely N-dealkylation sites (N-methyl/N-ethyl adjacent to an activating group) is 1. The first-order valence-electron chi connectivity index (χ1n) is 5.57. The van der Waals surface area contributed by atoms with Crippen LogP contribution in [0.15, 0.2) is 18.2 Å². The number of hydrogen-bond acceptors (Lipinski definition) is 2. The Morgan fingerprint density at radius 1 is 1.16 bits per heavy atom. The summed E-state index contributed by atoms with van der Waals surface area (Å²) in [5, 5.41) is 2.74. The van der Waals surface area contributed by atoms with Gasteiger partial charge in [-0.25, -0.2) is 8.78 Å². The average molecular weight is 283 g/mol. The highest BCUT2D eigenvalue weighted by molar-refractivity contribution is 5.18. The molecule has 0 spiro atoms. The van der Waals surface area contributed by atoms with Gasteiger partial charge in [0.05, 0.1) is 6.61 Å². The Morgan fingerprint density at radius 3 is 2.21 bits per heavy atom. The molecule has 19 heavy (non-hydrogen) atoms. The number of alkyl halides is 3. The maximum Gasteiger partial charge on any atom is 0.411 e. The van der Waals surface area contributed by atoms with Crippen molar-refractivity contribution in [2.45, 2.75) is 18.6 Å². The minimum absolute atomic E-state index is 0.170. The van der Waals surface area contributed by atoms with Crippen LogP contribution >= 0.6 is 0 Å². The van der Waals surface area contributed by atoms with Crippen molar-refractivity contribution < 1.29 is 26.7 Å². The number of ether oxygens (including phenoxy) is 1. The molecule has 0 aliphatic rings. The molecule has 0 saturated carbocycles. The Bertz CT molecular complexity index is 387. The van der Waals surface area contributed by atoms with Gasteiger partial charge in [0, 0.05) is 12.1 Å². The zero-order chi connectivity index (χ0) is 14.5. The van der Waals surface area contributed by atoms with E-state index in [-0.39, 0.29) is 13.0 Å². The van der Waals surface area contributed by atoms with E-state index in [1.165, 1.54) is 7.05 Å². The molecule has 7 heteroatoms. The van der Waals surface area contributed by atoms with Gasteiger partial charge in [-0.05, 0) is 31.2 Å². The molecule has 0 heterocycles. The second-order valence-corrected chi connectivity index (χ2v) is 4.10. The first-order valence-corrected chi connectivity index (χ1v) is 5.57. The summed E-state index contributed by atoms with van der Waals surface area (Å²) in [6.07, 6.45) is -4.22. The topological polar surface area (TPSA) is 21.3 Å². The third kappa shape index (κ3) is 6.49. The molecule has 0 radical (unpaired) electrons. The number of hydrogen-bond donors (Lipinski definition) is 1. The van der Waals surface area contributed by atoms with Crippen LogP contribution in [-0.2, 0) is 11.2 Å². The minimum atomic E-state index is -4.39. The molecule has 1 unspecified atom stereocenters. The maximum atomic E-state index is 13.0. The van der Waals surface area contributed by atoms with E-state index in [4.69, 9.17) is 0 Å². The largest absolute Gasteiger partial charge is 0.411 e. The molecule has 1 atom stereocenters. The predicted octanol–water partition coefficient (Wildman–Crippen LogP) is 2.67. The van der Waals surface area contributed by atoms with E-state index in [0.717, 1.165) is 18.2 Å². The van der Waals surface area contributed by atoms with E-state index in [1.54, 1.807) is 0 Å². The van der Waals surface area contributed by atoms with Gasteiger partial charge in [0.15, 0.2) is 0 Å². The van der Waals surface area contributed by atoms with E-state index in [1.807, 2.05) is 0 Å². The molecular weight excluding hydrogens is 269 g/mol. The molecule has 1 aromatic rings. The molecule has 0 bridgehead atoms. The Balaban J connectivity index is 2.52. The van der Waals surface area contributed by atoms with Crippen molar-refractivity contribution >= 4 is 0 Å². The Kier molecular flexibility index (Phi) is 5.68. The molecule has 0 saturated heterocycles. The molecule has 2 nitrogen and oxygen atoms in total. The summed E-state index contributed by atoms with van der Waals surface area (Å²) in [6.45, 7) is -1.54. The summed E-state index contributed by atoms with van der Waals surface area (Å²) in [6, 6.07) is 2.55. The highest BCUT2D eigenvalue weighted by Crippen LogP contribution is 2.15. The van der Waals surface area contributed by atoms with Crippen LogP contribution in [0.4, 0.5) is 22.0 Å². The lowest BCUT2D eigenvalue weighted by molar-refractivity contribution is -0.175. The van der Waals surface area contributed by atoms with Crippen molar-refractivity contribution in [1.29, 1.82) is 0 Å². The normalized spacial score (nSPS) is 13.6. The first kappa shape index (κ1) is 15.8. The van der Waals surface area contributed by atoms with Crippen LogP contribution in [0.3, 0.4) is 0 Å². The maximum absolute atomic E-state index is 13.0. The Labute approximate surface area is 107 Å². The number of halogens is 5. The van der Waals surface area contributed by atoms with E-state index >= 15 is 0 Å². The number of nitrogens with one attached hydrogen (secondary N) is 1. The summed E-state index contributed by atoms with van der Waals surface area (Å²) in [5.74, 6) is -1.44. The molecular formula is C12H14F5NO. The Morgan fingerprint density at radius 2 is 1.74 bits per heavy atom. The van der Waals surface area contributed by atoms with E-state index in [9.17, 15) is 22.0 Å². The van der Waals surface area contributed by atoms with E-state index in [2.05, 4.69) is 10.1 Å². The van der Waals surface area contributed by atoms with Crippen LogP contribution in [0.25, 0.3) is 0 Å². The van der Waals surface area contributed by atoms with Crippen molar-refractivity contribution in [3.05, 3.63) is 35.4 Å². The molecule has 0 aliphatic heterocycles. The van der Waals surface area contributed by atoms with Gasteiger partial charge in [0.1, 0.15) is 18.2 Å². The third-order valence-electron chi connectivity index (χ3n) is 2.40. The molecule has 0 aliphatic carbocycles. The van der Waals surface area contributed by atoms with Gasteiger partial charge < -0.3 is 10.1 Å². The fourth-order valence-corrected chi connectivity index (χ4v) is 1.57. The van der Waals surface area contributed by atoms with Gasteiger partial charge in [-0.3, -0.25) is 0 Å². The van der Waals surface area contributed by atoms with Gasteiger partial charge in [-0.1, -0.05) is 0 Å². The molecule has 0 fully saturated rings. The summed E-state index contributed by atoms with van der Waals surface area (Å²) in [7, 11) is 1.54. The van der Waals surface area contributed by atoms with Gasteiger partial charge in [0.25, 0.3) is 0 Å². The number of benzene rings is 1. The van der Waals surface area contributed by atoms with Crippen LogP contribution < -0.4 is 5.32 Å². The fourth-order valence-electron chi connectivity index (χ4n) is 1.57. The smallest absolute Gasteiger partial charge is 0.370 e. The van der Waals surface area contributed by atoms with Crippen molar-refractivity contribution in [2.75, 3.05) is 20.3 Å². The first-order chi connectivity index (χ1) is 8.80. The standard InChI is InChI=1S/C12H14F5NO/c1-18-11(6-19-7-12(15,16)17)4-8-2-9(13)5-10(14)3-8/h2-3,5,11,18H,4,6-7H2,1H3.